The van der Waals surface area contributed by atoms with Gasteiger partial charge >= 0.3 is 0 Å². The van der Waals surface area contributed by atoms with E-state index in [1.807, 2.05) is 0 Å². The summed E-state index contributed by atoms with van der Waals surface area (Å²) in [7, 11) is 0. The Balaban J connectivity index is 0.00000625. The molecule has 4 heteroatoms. The fourth-order valence-electron chi connectivity index (χ4n) is 3.23. The van der Waals surface area contributed by atoms with Crippen molar-refractivity contribution in [3.05, 3.63) is 18.7 Å². The number of nitrogens with zero attached hydrogens (tertiary/aromatic N) is 2. The number of hydrogen-bond acceptors (Lipinski definition) is 1. The summed E-state index contributed by atoms with van der Waals surface area (Å²) in [4.78, 5) is 0. The largest absolute Gasteiger partial charge is 1.00 e. The molecule has 154 valence electrons. The third-order valence-corrected chi connectivity index (χ3v) is 4.90. The van der Waals surface area contributed by atoms with Crippen LogP contribution in [0.25, 0.3) is 0 Å². The summed E-state index contributed by atoms with van der Waals surface area (Å²) in [6.45, 7) is 7.27. The van der Waals surface area contributed by atoms with E-state index in [0.29, 0.717) is 6.73 Å². The van der Waals surface area contributed by atoms with Crippen molar-refractivity contribution >= 4 is 0 Å². The molecule has 0 bridgehead atoms. The molecular weight excluding hydrogens is 344 g/mol. The predicted octanol–water partition coefficient (Wildman–Crippen LogP) is 3.25. The number of halogens is 1. The summed E-state index contributed by atoms with van der Waals surface area (Å²) >= 11 is 0. The summed E-state index contributed by atoms with van der Waals surface area (Å²) in [5.74, 6) is 0. The van der Waals surface area contributed by atoms with E-state index >= 15 is 0 Å². The topological polar surface area (TPSA) is 18.0 Å². The number of hydrogen-bond donors (Lipinski definition) is 0. The van der Waals surface area contributed by atoms with E-state index in [4.69, 9.17) is 4.74 Å². The summed E-state index contributed by atoms with van der Waals surface area (Å²) < 4.78 is 10.2. The molecule has 0 aliphatic heterocycles. The first-order valence-corrected chi connectivity index (χ1v) is 11.0. The Hall–Kier alpha value is -0.540. The Morgan fingerprint density at radius 1 is 0.731 bits per heavy atom. The molecule has 0 saturated heterocycles. The monoisotopic (exact) mass is 386 g/mol. The van der Waals surface area contributed by atoms with Crippen LogP contribution in [0.4, 0.5) is 0 Å². The van der Waals surface area contributed by atoms with Crippen molar-refractivity contribution in [1.29, 1.82) is 0 Å². The Kier molecular flexibility index (Phi) is 18.8. The molecule has 26 heavy (non-hydrogen) atoms. The van der Waals surface area contributed by atoms with Gasteiger partial charge in [-0.1, -0.05) is 84.5 Å². The highest BCUT2D eigenvalue weighted by Crippen LogP contribution is 2.09. The van der Waals surface area contributed by atoms with Gasteiger partial charge in [-0.15, -0.1) is 0 Å². The summed E-state index contributed by atoms with van der Waals surface area (Å²) in [5.41, 5.74) is 0. The lowest BCUT2D eigenvalue weighted by Gasteiger charge is -2.02. The van der Waals surface area contributed by atoms with Crippen molar-refractivity contribution in [2.75, 3.05) is 6.61 Å². The number of ether oxygens (including phenoxy) is 1. The zero-order chi connectivity index (χ0) is 18.0. The molecule has 0 fully saturated rings. The average Bonchev–Trinajstić information content (AvgIpc) is 3.07. The van der Waals surface area contributed by atoms with E-state index in [1.54, 1.807) is 0 Å². The lowest BCUT2D eigenvalue weighted by Crippen LogP contribution is -3.00. The van der Waals surface area contributed by atoms with Crippen LogP contribution < -0.4 is 17.0 Å². The summed E-state index contributed by atoms with van der Waals surface area (Å²) in [6.07, 6.45) is 25.5. The number of unbranched alkanes of at least 4 members (excludes halogenated alkanes) is 12. The third kappa shape index (κ3) is 14.6. The molecule has 0 amide bonds. The second-order valence-corrected chi connectivity index (χ2v) is 7.45. The zero-order valence-corrected chi connectivity index (χ0v) is 18.2. The Labute approximate surface area is 168 Å². The van der Waals surface area contributed by atoms with Crippen LogP contribution in [-0.4, -0.2) is 11.2 Å². The molecule has 1 aromatic heterocycles. The average molecular weight is 387 g/mol. The number of aromatic nitrogens is 2. The Morgan fingerprint density at radius 2 is 1.27 bits per heavy atom. The minimum absolute atomic E-state index is 0. The molecule has 0 atom stereocenters. The molecule has 0 aliphatic rings. The standard InChI is InChI=1S/C22H43N2O.ClH/c1-3-5-7-9-11-12-13-15-17-23-18-19-24(21-23)22-25-20-16-14-10-8-6-4-2;/h18-19,21H,3-17,20,22H2,1-2H3;1H/q+1;/p-1. The molecule has 1 heterocycles. The van der Waals surface area contributed by atoms with Crippen molar-refractivity contribution in [2.45, 2.75) is 117 Å². The fourth-order valence-corrected chi connectivity index (χ4v) is 3.23. The van der Waals surface area contributed by atoms with Crippen molar-refractivity contribution in [3.8, 4) is 0 Å². The van der Waals surface area contributed by atoms with Gasteiger partial charge < -0.3 is 17.1 Å². The van der Waals surface area contributed by atoms with Gasteiger partial charge in [0.2, 0.25) is 6.33 Å². The van der Waals surface area contributed by atoms with Crippen LogP contribution in [0.2, 0.25) is 0 Å². The highest BCUT2D eigenvalue weighted by atomic mass is 35.5. The summed E-state index contributed by atoms with van der Waals surface area (Å²) in [6, 6.07) is 0. The number of aryl methyl sites for hydroxylation is 1. The highest BCUT2D eigenvalue weighted by molar-refractivity contribution is 4.65. The van der Waals surface area contributed by atoms with Crippen LogP contribution in [0, 0.1) is 0 Å². The maximum atomic E-state index is 5.78. The fraction of sp³-hybridized carbons (Fsp3) is 0.864. The van der Waals surface area contributed by atoms with E-state index in [2.05, 4.69) is 41.7 Å². The van der Waals surface area contributed by atoms with Crippen LogP contribution >= 0.6 is 0 Å². The molecule has 3 nitrogen and oxygen atoms in total. The van der Waals surface area contributed by atoms with Crippen LogP contribution in [0.3, 0.4) is 0 Å². The van der Waals surface area contributed by atoms with Crippen molar-refractivity contribution in [3.63, 3.8) is 0 Å². The lowest BCUT2D eigenvalue weighted by molar-refractivity contribution is -0.732. The van der Waals surface area contributed by atoms with Gasteiger partial charge in [-0.3, -0.25) is 0 Å². The van der Waals surface area contributed by atoms with Crippen molar-refractivity contribution in [1.82, 2.24) is 4.57 Å². The van der Waals surface area contributed by atoms with E-state index in [9.17, 15) is 0 Å². The van der Waals surface area contributed by atoms with Gasteiger partial charge in [-0.2, -0.15) is 0 Å². The summed E-state index contributed by atoms with van der Waals surface area (Å²) in [5, 5.41) is 0. The van der Waals surface area contributed by atoms with E-state index < -0.39 is 0 Å². The van der Waals surface area contributed by atoms with Gasteiger partial charge in [0.25, 0.3) is 0 Å². The molecule has 0 aromatic carbocycles. The molecule has 1 aromatic rings. The smallest absolute Gasteiger partial charge is 0.245 e. The first-order chi connectivity index (χ1) is 12.4. The molecule has 0 N–H and O–H groups in total. The minimum Gasteiger partial charge on any atom is -1.00 e. The Morgan fingerprint density at radius 3 is 1.88 bits per heavy atom. The predicted molar refractivity (Wildman–Crippen MR) is 107 cm³/mol. The second-order valence-electron chi connectivity index (χ2n) is 7.45. The normalized spacial score (nSPS) is 10.8. The maximum Gasteiger partial charge on any atom is 0.245 e. The second kappa shape index (κ2) is 19.2. The van der Waals surface area contributed by atoms with Crippen LogP contribution in [0.15, 0.2) is 18.7 Å². The quantitative estimate of drug-likeness (QED) is 0.280. The van der Waals surface area contributed by atoms with Gasteiger partial charge in [0, 0.05) is 0 Å². The van der Waals surface area contributed by atoms with Gasteiger partial charge in [-0.25, -0.2) is 9.13 Å². The van der Waals surface area contributed by atoms with Crippen LogP contribution in [-0.2, 0) is 18.0 Å². The van der Waals surface area contributed by atoms with E-state index in [-0.39, 0.29) is 12.4 Å². The molecular formula is C22H43ClN2O. The van der Waals surface area contributed by atoms with Gasteiger partial charge in [0.05, 0.1) is 13.2 Å². The zero-order valence-electron chi connectivity index (χ0n) is 17.4. The Bertz CT molecular complexity index is 361. The number of rotatable bonds is 18. The van der Waals surface area contributed by atoms with Crippen LogP contribution in [0.1, 0.15) is 104 Å². The first-order valence-electron chi connectivity index (χ1n) is 11.0. The molecule has 0 unspecified atom stereocenters. The van der Waals surface area contributed by atoms with E-state index in [0.717, 1.165) is 13.2 Å². The molecule has 0 aliphatic carbocycles. The van der Waals surface area contributed by atoms with Gasteiger partial charge in [0.15, 0.2) is 6.73 Å². The maximum absolute atomic E-state index is 5.78. The molecule has 0 radical (unpaired) electrons. The van der Waals surface area contributed by atoms with Crippen molar-refractivity contribution in [2.24, 2.45) is 0 Å². The van der Waals surface area contributed by atoms with E-state index in [1.165, 1.54) is 89.9 Å². The van der Waals surface area contributed by atoms with Crippen LogP contribution in [0.5, 0.6) is 0 Å². The van der Waals surface area contributed by atoms with Gasteiger partial charge in [-0.05, 0) is 19.3 Å². The van der Waals surface area contributed by atoms with Gasteiger partial charge in [0.1, 0.15) is 12.4 Å². The molecule has 0 saturated carbocycles. The highest BCUT2D eigenvalue weighted by Gasteiger charge is 2.03. The molecule has 1 rings (SSSR count). The van der Waals surface area contributed by atoms with Crippen molar-refractivity contribution < 1.29 is 21.7 Å². The molecule has 0 spiro atoms. The first kappa shape index (κ1) is 25.5. The third-order valence-electron chi connectivity index (χ3n) is 4.90. The minimum atomic E-state index is 0. The lowest BCUT2D eigenvalue weighted by atomic mass is 10.1. The SMILES string of the molecule is CCCCCCCCCCn1cc[n+](COCCCCCCCC)c1.[Cl-]. The number of imidazole rings is 1.